The molecule has 2 heterocycles. The third-order valence-corrected chi connectivity index (χ3v) is 5.79. The Hall–Kier alpha value is -3.46. The number of pyridine rings is 1. The van der Waals surface area contributed by atoms with E-state index in [0.717, 1.165) is 50.5 Å². The van der Waals surface area contributed by atoms with Crippen molar-refractivity contribution in [1.82, 2.24) is 9.88 Å². The molecule has 1 saturated heterocycles. The fourth-order valence-corrected chi connectivity index (χ4v) is 3.97. The summed E-state index contributed by atoms with van der Waals surface area (Å²) in [6, 6.07) is 6.85. The number of methoxy groups -OCH3 is 1. The number of hydrogen-bond acceptors (Lipinski definition) is 6. The van der Waals surface area contributed by atoms with Crippen LogP contribution in [0.3, 0.4) is 0 Å². The molecule has 168 valence electrons. The lowest BCUT2D eigenvalue weighted by Crippen LogP contribution is -2.46. The van der Waals surface area contributed by atoms with Gasteiger partial charge in [0.1, 0.15) is 17.4 Å². The molecular formula is C23H25F2N5O2. The van der Waals surface area contributed by atoms with Crippen molar-refractivity contribution in [2.45, 2.75) is 6.92 Å². The lowest BCUT2D eigenvalue weighted by atomic mass is 10.1. The highest BCUT2D eigenvalue weighted by Crippen LogP contribution is 2.38. The van der Waals surface area contributed by atoms with Gasteiger partial charge in [0.05, 0.1) is 35.3 Å². The number of anilines is 3. The molecule has 0 radical (unpaired) electrons. The number of ether oxygens (including phenoxy) is 1. The molecule has 32 heavy (non-hydrogen) atoms. The number of carbonyl (C=O) groups is 1. The van der Waals surface area contributed by atoms with E-state index < -0.39 is 17.5 Å². The fourth-order valence-electron chi connectivity index (χ4n) is 3.97. The van der Waals surface area contributed by atoms with Crippen molar-refractivity contribution >= 4 is 33.9 Å². The van der Waals surface area contributed by atoms with Crippen LogP contribution in [-0.4, -0.2) is 55.6 Å². The van der Waals surface area contributed by atoms with Crippen LogP contribution in [0, 0.1) is 11.6 Å². The van der Waals surface area contributed by atoms with Gasteiger partial charge in [-0.15, -0.1) is 0 Å². The maximum Gasteiger partial charge on any atom is 0.252 e. The Labute approximate surface area is 184 Å². The molecular weight excluding hydrogens is 416 g/mol. The van der Waals surface area contributed by atoms with E-state index in [0.29, 0.717) is 22.3 Å². The number of likely N-dealkylation sites (N-methyl/N-ethyl adjacent to an activating group) is 1. The SMILES string of the molecule is CCN1CCN(c2cc3c(Nc4ccc(F)cc4F)c(C(N)=O)cnc3cc2OC)CC1. The van der Waals surface area contributed by atoms with Gasteiger partial charge >= 0.3 is 0 Å². The second kappa shape index (κ2) is 8.96. The number of nitrogens with two attached hydrogens (primary N) is 1. The van der Waals surface area contributed by atoms with Gasteiger partial charge in [-0.2, -0.15) is 0 Å². The number of primary amides is 1. The zero-order chi connectivity index (χ0) is 22.8. The van der Waals surface area contributed by atoms with E-state index in [9.17, 15) is 13.6 Å². The summed E-state index contributed by atoms with van der Waals surface area (Å²) >= 11 is 0. The smallest absolute Gasteiger partial charge is 0.252 e. The van der Waals surface area contributed by atoms with Crippen molar-refractivity contribution in [3.05, 3.63) is 53.7 Å². The predicted octanol–water partition coefficient (Wildman–Crippen LogP) is 3.51. The Morgan fingerprint density at radius 1 is 1.19 bits per heavy atom. The molecule has 3 aromatic rings. The first-order valence-corrected chi connectivity index (χ1v) is 10.4. The number of hydrogen-bond donors (Lipinski definition) is 2. The summed E-state index contributed by atoms with van der Waals surface area (Å²) < 4.78 is 33.3. The lowest BCUT2D eigenvalue weighted by molar-refractivity contribution is 0.100. The van der Waals surface area contributed by atoms with E-state index in [-0.39, 0.29) is 11.3 Å². The van der Waals surface area contributed by atoms with Crippen molar-refractivity contribution < 1.29 is 18.3 Å². The molecule has 3 N–H and O–H groups in total. The van der Waals surface area contributed by atoms with Crippen LogP contribution in [0.5, 0.6) is 5.75 Å². The van der Waals surface area contributed by atoms with Crippen molar-refractivity contribution in [3.63, 3.8) is 0 Å². The van der Waals surface area contributed by atoms with Gasteiger partial charge in [0, 0.05) is 49.9 Å². The summed E-state index contributed by atoms with van der Waals surface area (Å²) in [5.74, 6) is -1.53. The van der Waals surface area contributed by atoms with Crippen LogP contribution in [0.25, 0.3) is 10.9 Å². The van der Waals surface area contributed by atoms with E-state index in [1.165, 1.54) is 12.3 Å². The van der Waals surface area contributed by atoms with Crippen molar-refractivity contribution in [2.24, 2.45) is 5.73 Å². The van der Waals surface area contributed by atoms with E-state index in [2.05, 4.69) is 27.0 Å². The van der Waals surface area contributed by atoms with Gasteiger partial charge in [-0.1, -0.05) is 6.92 Å². The number of rotatable bonds is 6. The minimum absolute atomic E-state index is 0.0235. The molecule has 0 bridgehead atoms. The van der Waals surface area contributed by atoms with Crippen LogP contribution in [0.1, 0.15) is 17.3 Å². The van der Waals surface area contributed by atoms with Crippen LogP contribution >= 0.6 is 0 Å². The second-order valence-corrected chi connectivity index (χ2v) is 7.62. The monoisotopic (exact) mass is 441 g/mol. The highest BCUT2D eigenvalue weighted by Gasteiger charge is 2.22. The van der Waals surface area contributed by atoms with Crippen molar-refractivity contribution in [3.8, 4) is 5.75 Å². The number of halogens is 2. The first-order valence-electron chi connectivity index (χ1n) is 10.4. The minimum Gasteiger partial charge on any atom is -0.495 e. The maximum atomic E-state index is 14.4. The second-order valence-electron chi connectivity index (χ2n) is 7.62. The summed E-state index contributed by atoms with van der Waals surface area (Å²) in [6.45, 7) is 6.59. The van der Waals surface area contributed by atoms with Crippen molar-refractivity contribution in [1.29, 1.82) is 0 Å². The number of carbonyl (C=O) groups excluding carboxylic acids is 1. The van der Waals surface area contributed by atoms with Gasteiger partial charge in [0.2, 0.25) is 0 Å². The number of nitrogens with zero attached hydrogens (tertiary/aromatic N) is 3. The number of amides is 1. The van der Waals surface area contributed by atoms with Gasteiger partial charge in [0.15, 0.2) is 0 Å². The number of benzene rings is 2. The predicted molar refractivity (Wildman–Crippen MR) is 121 cm³/mol. The fraction of sp³-hybridized carbons (Fsp3) is 0.304. The summed E-state index contributed by atoms with van der Waals surface area (Å²) in [7, 11) is 1.60. The molecule has 4 rings (SSSR count). The van der Waals surface area contributed by atoms with Gasteiger partial charge < -0.3 is 25.6 Å². The minimum atomic E-state index is -0.783. The summed E-state index contributed by atoms with van der Waals surface area (Å²) in [5, 5.41) is 3.51. The van der Waals surface area contributed by atoms with E-state index in [1.54, 1.807) is 13.2 Å². The van der Waals surface area contributed by atoms with Gasteiger partial charge in [-0.25, -0.2) is 8.78 Å². The van der Waals surface area contributed by atoms with Crippen molar-refractivity contribution in [2.75, 3.05) is 50.1 Å². The van der Waals surface area contributed by atoms with Gasteiger partial charge in [0.25, 0.3) is 5.91 Å². The molecule has 0 spiro atoms. The highest BCUT2D eigenvalue weighted by molar-refractivity contribution is 6.08. The molecule has 0 aliphatic carbocycles. The number of fused-ring (bicyclic) bond motifs is 1. The zero-order valence-electron chi connectivity index (χ0n) is 18.0. The number of aromatic nitrogens is 1. The van der Waals surface area contributed by atoms with Crippen LogP contribution in [-0.2, 0) is 0 Å². The summed E-state index contributed by atoms with van der Waals surface area (Å²) in [6.07, 6.45) is 1.34. The molecule has 1 amide bonds. The molecule has 0 unspecified atom stereocenters. The van der Waals surface area contributed by atoms with Crippen LogP contribution in [0.2, 0.25) is 0 Å². The molecule has 0 atom stereocenters. The first-order chi connectivity index (χ1) is 15.4. The molecule has 2 aromatic carbocycles. The molecule has 1 aromatic heterocycles. The van der Waals surface area contributed by atoms with Gasteiger partial charge in [-0.3, -0.25) is 9.78 Å². The average molecular weight is 441 g/mol. The third-order valence-electron chi connectivity index (χ3n) is 5.79. The highest BCUT2D eigenvalue weighted by atomic mass is 19.1. The Balaban J connectivity index is 1.85. The largest absolute Gasteiger partial charge is 0.495 e. The zero-order valence-corrected chi connectivity index (χ0v) is 18.0. The number of piperazine rings is 1. The normalized spacial score (nSPS) is 14.6. The Morgan fingerprint density at radius 3 is 2.56 bits per heavy atom. The standard InChI is InChI=1S/C23H25F2N5O2/c1-3-29-6-8-30(9-7-29)20-11-15-19(12-21(20)32-2)27-13-16(23(26)31)22(15)28-18-5-4-14(24)10-17(18)25/h4-5,10-13H,3,6-9H2,1-2H3,(H2,26,31)(H,27,28). The average Bonchev–Trinajstić information content (AvgIpc) is 2.79. The molecule has 1 aliphatic heterocycles. The van der Waals surface area contributed by atoms with Crippen LogP contribution in [0.4, 0.5) is 25.8 Å². The Kier molecular flexibility index (Phi) is 6.09. The third kappa shape index (κ3) is 4.16. The molecule has 1 aliphatic rings. The molecule has 0 saturated carbocycles. The first kappa shape index (κ1) is 21.8. The number of nitrogens with one attached hydrogen (secondary N) is 1. The maximum absolute atomic E-state index is 14.4. The van der Waals surface area contributed by atoms with E-state index in [1.807, 2.05) is 6.07 Å². The quantitative estimate of drug-likeness (QED) is 0.609. The molecule has 7 nitrogen and oxygen atoms in total. The van der Waals surface area contributed by atoms with E-state index in [4.69, 9.17) is 10.5 Å². The van der Waals surface area contributed by atoms with Crippen LogP contribution < -0.4 is 20.7 Å². The van der Waals surface area contributed by atoms with Crippen LogP contribution in [0.15, 0.2) is 36.5 Å². The topological polar surface area (TPSA) is 83.7 Å². The Morgan fingerprint density at radius 2 is 1.94 bits per heavy atom. The molecule has 9 heteroatoms. The lowest BCUT2D eigenvalue weighted by Gasteiger charge is -2.36. The summed E-state index contributed by atoms with van der Waals surface area (Å²) in [4.78, 5) is 21.1. The van der Waals surface area contributed by atoms with E-state index >= 15 is 0 Å². The Bertz CT molecular complexity index is 1160. The van der Waals surface area contributed by atoms with Gasteiger partial charge in [-0.05, 0) is 24.7 Å². The summed E-state index contributed by atoms with van der Waals surface area (Å²) in [5.41, 5.74) is 7.41. The molecule has 1 fully saturated rings.